The molecule has 0 spiro atoms. The second kappa shape index (κ2) is 6.42. The van der Waals surface area contributed by atoms with Crippen molar-refractivity contribution in [2.45, 2.75) is 19.9 Å². The molecule has 1 unspecified atom stereocenters. The Morgan fingerprint density at radius 1 is 1.59 bits per heavy atom. The number of rotatable bonds is 6. The summed E-state index contributed by atoms with van der Waals surface area (Å²) in [5, 5.41) is 2.61. The van der Waals surface area contributed by atoms with Gasteiger partial charge in [-0.1, -0.05) is 6.92 Å². The van der Waals surface area contributed by atoms with Gasteiger partial charge in [0.25, 0.3) is 0 Å². The third kappa shape index (κ3) is 3.57. The average Bonchev–Trinajstić information content (AvgIpc) is 2.75. The van der Waals surface area contributed by atoms with Gasteiger partial charge in [-0.3, -0.25) is 9.69 Å². The molecule has 5 heteroatoms. The molecule has 0 saturated carbocycles. The summed E-state index contributed by atoms with van der Waals surface area (Å²) >= 11 is 0. The maximum absolute atomic E-state index is 11.4. The van der Waals surface area contributed by atoms with Crippen LogP contribution in [-0.4, -0.2) is 37.5 Å². The van der Waals surface area contributed by atoms with E-state index < -0.39 is 0 Å². The lowest BCUT2D eigenvalue weighted by Gasteiger charge is -2.27. The molecule has 0 aliphatic rings. The molecule has 0 radical (unpaired) electrons. The molecule has 0 bridgehead atoms. The molecule has 0 fully saturated rings. The van der Waals surface area contributed by atoms with Gasteiger partial charge in [0.15, 0.2) is 0 Å². The van der Waals surface area contributed by atoms with E-state index in [0.717, 1.165) is 18.1 Å². The van der Waals surface area contributed by atoms with E-state index in [-0.39, 0.29) is 11.9 Å². The van der Waals surface area contributed by atoms with Crippen LogP contribution in [0.3, 0.4) is 0 Å². The van der Waals surface area contributed by atoms with Gasteiger partial charge in [0.05, 0.1) is 12.6 Å². The number of carbonyl (C=O) groups excluding carboxylic acids is 1. The molecule has 17 heavy (non-hydrogen) atoms. The van der Waals surface area contributed by atoms with Crippen LogP contribution < -0.4 is 11.1 Å². The fourth-order valence-corrected chi connectivity index (χ4v) is 1.78. The number of likely N-dealkylation sites (N-methyl/N-ethyl adjacent to an activating group) is 2. The standard InChI is InChI=1S/C12H21N3O2/c1-4-15(8-12(16)14-3)10(7-13)11-6-5-9(2)17-11/h5-6,10H,4,7-8,13H2,1-3H3,(H,14,16). The van der Waals surface area contributed by atoms with E-state index in [4.69, 9.17) is 10.2 Å². The van der Waals surface area contributed by atoms with Crippen LogP contribution in [0.2, 0.25) is 0 Å². The van der Waals surface area contributed by atoms with Crippen LogP contribution in [-0.2, 0) is 4.79 Å². The summed E-state index contributed by atoms with van der Waals surface area (Å²) in [4.78, 5) is 13.4. The van der Waals surface area contributed by atoms with E-state index in [1.54, 1.807) is 7.05 Å². The molecule has 0 aliphatic heterocycles. The molecule has 5 nitrogen and oxygen atoms in total. The van der Waals surface area contributed by atoms with Crippen LogP contribution in [0.4, 0.5) is 0 Å². The Morgan fingerprint density at radius 3 is 2.71 bits per heavy atom. The molecule has 1 amide bonds. The highest BCUT2D eigenvalue weighted by Crippen LogP contribution is 2.21. The van der Waals surface area contributed by atoms with Crippen LogP contribution in [0, 0.1) is 6.92 Å². The molecular weight excluding hydrogens is 218 g/mol. The Balaban J connectivity index is 2.79. The van der Waals surface area contributed by atoms with Crippen molar-refractivity contribution in [2.24, 2.45) is 5.73 Å². The lowest BCUT2D eigenvalue weighted by Crippen LogP contribution is -2.40. The second-order valence-corrected chi connectivity index (χ2v) is 3.94. The van der Waals surface area contributed by atoms with Crippen LogP contribution in [0.1, 0.15) is 24.5 Å². The number of carbonyl (C=O) groups is 1. The number of nitrogens with one attached hydrogen (secondary N) is 1. The number of aryl methyl sites for hydroxylation is 1. The van der Waals surface area contributed by atoms with Crippen LogP contribution in [0.5, 0.6) is 0 Å². The lowest BCUT2D eigenvalue weighted by atomic mass is 10.2. The first-order valence-corrected chi connectivity index (χ1v) is 5.83. The number of amides is 1. The van der Waals surface area contributed by atoms with Gasteiger partial charge < -0.3 is 15.5 Å². The molecule has 1 rings (SSSR count). The van der Waals surface area contributed by atoms with Crippen LogP contribution >= 0.6 is 0 Å². The zero-order valence-corrected chi connectivity index (χ0v) is 10.7. The molecule has 96 valence electrons. The highest BCUT2D eigenvalue weighted by molar-refractivity contribution is 5.77. The molecule has 0 aliphatic carbocycles. The van der Waals surface area contributed by atoms with Crippen molar-refractivity contribution >= 4 is 5.91 Å². The summed E-state index contributed by atoms with van der Waals surface area (Å²) < 4.78 is 5.58. The van der Waals surface area contributed by atoms with Gasteiger partial charge >= 0.3 is 0 Å². The normalized spacial score (nSPS) is 12.8. The van der Waals surface area contributed by atoms with Gasteiger partial charge in [-0.15, -0.1) is 0 Å². The van der Waals surface area contributed by atoms with Gasteiger partial charge in [-0.05, 0) is 25.6 Å². The van der Waals surface area contributed by atoms with Crippen molar-refractivity contribution in [1.82, 2.24) is 10.2 Å². The van der Waals surface area contributed by atoms with E-state index in [0.29, 0.717) is 13.1 Å². The van der Waals surface area contributed by atoms with E-state index in [1.165, 1.54) is 0 Å². The maximum Gasteiger partial charge on any atom is 0.233 e. The van der Waals surface area contributed by atoms with Gasteiger partial charge in [0, 0.05) is 13.6 Å². The molecule has 0 aromatic carbocycles. The summed E-state index contributed by atoms with van der Waals surface area (Å²) in [5.41, 5.74) is 5.77. The Morgan fingerprint density at radius 2 is 2.29 bits per heavy atom. The van der Waals surface area contributed by atoms with Crippen molar-refractivity contribution in [3.05, 3.63) is 23.7 Å². The van der Waals surface area contributed by atoms with Gasteiger partial charge in [0.1, 0.15) is 11.5 Å². The molecule has 3 N–H and O–H groups in total. The number of hydrogen-bond acceptors (Lipinski definition) is 4. The second-order valence-electron chi connectivity index (χ2n) is 3.94. The van der Waals surface area contributed by atoms with Crippen LogP contribution in [0.25, 0.3) is 0 Å². The lowest BCUT2D eigenvalue weighted by molar-refractivity contribution is -0.122. The monoisotopic (exact) mass is 239 g/mol. The number of nitrogens with two attached hydrogens (primary N) is 1. The van der Waals surface area contributed by atoms with Gasteiger partial charge in [-0.25, -0.2) is 0 Å². The fraction of sp³-hybridized carbons (Fsp3) is 0.583. The van der Waals surface area contributed by atoms with E-state index in [2.05, 4.69) is 5.32 Å². The summed E-state index contributed by atoms with van der Waals surface area (Å²) in [6, 6.07) is 3.77. The molecular formula is C12H21N3O2. The topological polar surface area (TPSA) is 71.5 Å². The average molecular weight is 239 g/mol. The highest BCUT2D eigenvalue weighted by atomic mass is 16.3. The minimum absolute atomic E-state index is 0.0198. The summed E-state index contributed by atoms with van der Waals surface area (Å²) in [7, 11) is 1.63. The molecule has 1 aromatic rings. The van der Waals surface area contributed by atoms with Crippen molar-refractivity contribution in [2.75, 3.05) is 26.7 Å². The Bertz CT molecular complexity index is 362. The van der Waals surface area contributed by atoms with E-state index >= 15 is 0 Å². The minimum atomic E-state index is -0.0500. The molecule has 1 atom stereocenters. The number of hydrogen-bond donors (Lipinski definition) is 2. The number of furan rings is 1. The fourth-order valence-electron chi connectivity index (χ4n) is 1.78. The quantitative estimate of drug-likeness (QED) is 0.765. The van der Waals surface area contributed by atoms with E-state index in [1.807, 2.05) is 30.9 Å². The highest BCUT2D eigenvalue weighted by Gasteiger charge is 2.22. The van der Waals surface area contributed by atoms with Crippen molar-refractivity contribution < 1.29 is 9.21 Å². The summed E-state index contributed by atoms with van der Waals surface area (Å²) in [6.07, 6.45) is 0. The van der Waals surface area contributed by atoms with Gasteiger partial charge in [0.2, 0.25) is 5.91 Å². The Hall–Kier alpha value is -1.33. The first-order chi connectivity index (χ1) is 8.12. The van der Waals surface area contributed by atoms with E-state index in [9.17, 15) is 4.79 Å². The van der Waals surface area contributed by atoms with Crippen molar-refractivity contribution in [1.29, 1.82) is 0 Å². The summed E-state index contributed by atoms with van der Waals surface area (Å²) in [6.45, 7) is 5.40. The first kappa shape index (κ1) is 13.7. The molecule has 0 saturated heterocycles. The van der Waals surface area contributed by atoms with Crippen LogP contribution in [0.15, 0.2) is 16.5 Å². The number of nitrogens with zero attached hydrogens (tertiary/aromatic N) is 1. The third-order valence-electron chi connectivity index (χ3n) is 2.79. The molecule has 1 aromatic heterocycles. The predicted octanol–water partition coefficient (Wildman–Crippen LogP) is 0.656. The smallest absolute Gasteiger partial charge is 0.233 e. The SMILES string of the molecule is CCN(CC(=O)NC)C(CN)c1ccc(C)o1. The summed E-state index contributed by atoms with van der Waals surface area (Å²) in [5.74, 6) is 1.65. The largest absolute Gasteiger partial charge is 0.465 e. The maximum atomic E-state index is 11.4. The third-order valence-corrected chi connectivity index (χ3v) is 2.79. The Labute approximate surface area is 102 Å². The first-order valence-electron chi connectivity index (χ1n) is 5.83. The zero-order valence-electron chi connectivity index (χ0n) is 10.7. The minimum Gasteiger partial charge on any atom is -0.465 e. The van der Waals surface area contributed by atoms with Gasteiger partial charge in [-0.2, -0.15) is 0 Å². The van der Waals surface area contributed by atoms with Crippen molar-refractivity contribution in [3.8, 4) is 0 Å². The zero-order chi connectivity index (χ0) is 12.8. The Kier molecular flexibility index (Phi) is 5.18. The molecule has 1 heterocycles. The predicted molar refractivity (Wildman–Crippen MR) is 66.6 cm³/mol. The van der Waals surface area contributed by atoms with Crippen molar-refractivity contribution in [3.63, 3.8) is 0 Å².